The topological polar surface area (TPSA) is 74.3 Å². The van der Waals surface area contributed by atoms with E-state index in [9.17, 15) is 17.2 Å². The number of anilines is 2. The van der Waals surface area contributed by atoms with Crippen LogP contribution < -0.4 is 10.0 Å². The van der Waals surface area contributed by atoms with Gasteiger partial charge in [0.15, 0.2) is 16.5 Å². The number of halogens is 4. The Morgan fingerprint density at radius 1 is 1.18 bits per heavy atom. The van der Waals surface area contributed by atoms with Crippen molar-refractivity contribution in [1.29, 1.82) is 0 Å². The summed E-state index contributed by atoms with van der Waals surface area (Å²) in [6, 6.07) is 3.62. The maximum Gasteiger partial charge on any atom is 0.268 e. The van der Waals surface area contributed by atoms with Gasteiger partial charge in [0.1, 0.15) is 11.6 Å². The molecule has 1 saturated heterocycles. The summed E-state index contributed by atoms with van der Waals surface area (Å²) in [5.74, 6) is -2.94. The highest BCUT2D eigenvalue weighted by atomic mass is 35.5. The summed E-state index contributed by atoms with van der Waals surface area (Å²) in [6.45, 7) is 3.43. The molecule has 0 saturated carbocycles. The first-order valence-electron chi connectivity index (χ1n) is 9.99. The van der Waals surface area contributed by atoms with Crippen LogP contribution in [0.5, 0.6) is 0 Å². The molecule has 0 atom stereocenters. The van der Waals surface area contributed by atoms with E-state index in [1.54, 1.807) is 0 Å². The molecule has 176 valence electrons. The number of thiazole rings is 1. The van der Waals surface area contributed by atoms with Crippen molar-refractivity contribution in [1.82, 2.24) is 9.88 Å². The van der Waals surface area contributed by atoms with Crippen molar-refractivity contribution in [3.05, 3.63) is 68.3 Å². The fraction of sp³-hybridized carbons (Fsp3) is 0.286. The summed E-state index contributed by atoms with van der Waals surface area (Å²) in [5.41, 5.74) is 2.21. The first-order valence-corrected chi connectivity index (χ1v) is 12.8. The highest BCUT2D eigenvalue weighted by Crippen LogP contribution is 2.31. The number of likely N-dealkylation sites (tertiary alicyclic amines) is 1. The van der Waals surface area contributed by atoms with Crippen LogP contribution in [0.2, 0.25) is 5.02 Å². The third kappa shape index (κ3) is 4.96. The summed E-state index contributed by atoms with van der Waals surface area (Å²) in [4.78, 5) is 4.74. The lowest BCUT2D eigenvalue weighted by Gasteiger charge is -2.31. The lowest BCUT2D eigenvalue weighted by Crippen LogP contribution is -2.37. The molecule has 2 heterocycles. The number of sulfonamides is 1. The van der Waals surface area contributed by atoms with Gasteiger partial charge in [-0.05, 0) is 50.2 Å². The van der Waals surface area contributed by atoms with Gasteiger partial charge < -0.3 is 5.32 Å². The molecule has 0 spiro atoms. The fourth-order valence-electron chi connectivity index (χ4n) is 3.52. The van der Waals surface area contributed by atoms with Gasteiger partial charge in [0.25, 0.3) is 10.0 Å². The van der Waals surface area contributed by atoms with Crippen molar-refractivity contribution in [2.45, 2.75) is 31.3 Å². The number of nitrogens with zero attached hydrogens (tertiary/aromatic N) is 2. The molecule has 6 nitrogen and oxygen atoms in total. The normalized spacial score (nSPS) is 14.2. The zero-order valence-corrected chi connectivity index (χ0v) is 19.9. The number of hydrogen-bond acceptors (Lipinski definition) is 6. The van der Waals surface area contributed by atoms with E-state index >= 15 is 4.39 Å². The monoisotopic (exact) mass is 516 g/mol. The van der Waals surface area contributed by atoms with Gasteiger partial charge in [-0.2, -0.15) is 0 Å². The van der Waals surface area contributed by atoms with Crippen molar-refractivity contribution in [3.63, 3.8) is 0 Å². The molecular formula is C21H20ClF3N4O2S2. The minimum Gasteiger partial charge on any atom is -0.381 e. The molecule has 1 aromatic heterocycles. The van der Waals surface area contributed by atoms with Gasteiger partial charge in [-0.15, -0.1) is 11.3 Å². The van der Waals surface area contributed by atoms with E-state index in [2.05, 4.69) is 19.9 Å². The Labute approximate surface area is 198 Å². The van der Waals surface area contributed by atoms with E-state index in [4.69, 9.17) is 11.6 Å². The number of hydrogen-bond donors (Lipinski definition) is 2. The van der Waals surface area contributed by atoms with Crippen molar-refractivity contribution in [2.24, 2.45) is 0 Å². The lowest BCUT2D eigenvalue weighted by molar-refractivity contribution is 0.170. The maximum atomic E-state index is 15.0. The van der Waals surface area contributed by atoms with Crippen molar-refractivity contribution >= 4 is 44.5 Å². The quantitative estimate of drug-likeness (QED) is 0.433. The minimum atomic E-state index is -4.54. The average molecular weight is 517 g/mol. The van der Waals surface area contributed by atoms with Gasteiger partial charge in [-0.1, -0.05) is 11.6 Å². The molecule has 0 radical (unpaired) electrons. The molecule has 1 fully saturated rings. The Bertz CT molecular complexity index is 1280. The van der Waals surface area contributed by atoms with Crippen LogP contribution in [0.4, 0.5) is 24.7 Å². The Morgan fingerprint density at radius 2 is 1.94 bits per heavy atom. The van der Waals surface area contributed by atoms with Crippen LogP contribution in [0.1, 0.15) is 23.1 Å². The Kier molecular flexibility index (Phi) is 6.85. The standard InChI is InChI=1S/C21H20ClF3N4O2S2/c1-12-18(7-17(24)21(20(12)25)33(30,31)28-19-10-32-11-27-19)26-8-13-14(9-29-5-2-6-29)16(23)4-3-15(13)22/h3-4,7,10-11,26,28H,2,5-6,8-9H2,1H3. The van der Waals surface area contributed by atoms with Crippen LogP contribution in [0.25, 0.3) is 0 Å². The van der Waals surface area contributed by atoms with E-state index < -0.39 is 32.4 Å². The Morgan fingerprint density at radius 3 is 2.58 bits per heavy atom. The zero-order chi connectivity index (χ0) is 23.8. The van der Waals surface area contributed by atoms with Gasteiger partial charge in [0.2, 0.25) is 0 Å². The van der Waals surface area contributed by atoms with Crippen molar-refractivity contribution in [2.75, 3.05) is 23.1 Å². The van der Waals surface area contributed by atoms with Crippen LogP contribution in [0.3, 0.4) is 0 Å². The molecule has 1 aliphatic rings. The van der Waals surface area contributed by atoms with Gasteiger partial charge in [-0.3, -0.25) is 9.62 Å². The average Bonchev–Trinajstić information content (AvgIpc) is 3.21. The molecule has 12 heteroatoms. The summed E-state index contributed by atoms with van der Waals surface area (Å²) in [6.07, 6.45) is 1.04. The number of benzene rings is 2. The highest BCUT2D eigenvalue weighted by Gasteiger charge is 2.28. The molecule has 3 aromatic rings. The SMILES string of the molecule is Cc1c(NCc2c(Cl)ccc(F)c2CN2CCC2)cc(F)c(S(=O)(=O)Nc2cscn2)c1F. The summed E-state index contributed by atoms with van der Waals surface area (Å²) >= 11 is 7.43. The van der Waals surface area contributed by atoms with Gasteiger partial charge in [0.05, 0.1) is 5.51 Å². The lowest BCUT2D eigenvalue weighted by atomic mass is 10.0. The van der Waals surface area contributed by atoms with E-state index in [1.807, 2.05) is 0 Å². The molecule has 0 unspecified atom stereocenters. The van der Waals surface area contributed by atoms with Gasteiger partial charge in [-0.25, -0.2) is 26.6 Å². The maximum absolute atomic E-state index is 15.0. The third-order valence-electron chi connectivity index (χ3n) is 5.46. The Hall–Kier alpha value is -2.34. The van der Waals surface area contributed by atoms with Crippen LogP contribution >= 0.6 is 22.9 Å². The first kappa shape index (κ1) is 23.8. The Balaban J connectivity index is 1.61. The van der Waals surface area contributed by atoms with Gasteiger partial charge in [0, 0.05) is 40.3 Å². The first-order chi connectivity index (χ1) is 15.7. The number of rotatable bonds is 8. The van der Waals surface area contributed by atoms with E-state index in [0.717, 1.165) is 36.9 Å². The second kappa shape index (κ2) is 9.49. The number of aromatic nitrogens is 1. The molecular weight excluding hydrogens is 497 g/mol. The van der Waals surface area contributed by atoms with Crippen LogP contribution in [0, 0.1) is 24.4 Å². The van der Waals surface area contributed by atoms with Crippen LogP contribution in [0.15, 0.2) is 34.0 Å². The van der Waals surface area contributed by atoms with Crippen molar-refractivity contribution in [3.8, 4) is 0 Å². The summed E-state index contributed by atoms with van der Waals surface area (Å²) in [7, 11) is -4.54. The summed E-state index contributed by atoms with van der Waals surface area (Å²) in [5, 5.41) is 4.60. The molecule has 0 amide bonds. The minimum absolute atomic E-state index is 0.00264. The predicted molar refractivity (Wildman–Crippen MR) is 123 cm³/mol. The van der Waals surface area contributed by atoms with E-state index in [1.165, 1.54) is 29.9 Å². The second-order valence-electron chi connectivity index (χ2n) is 7.62. The van der Waals surface area contributed by atoms with Crippen molar-refractivity contribution < 1.29 is 21.6 Å². The molecule has 1 aliphatic heterocycles. The molecule has 2 aromatic carbocycles. The largest absolute Gasteiger partial charge is 0.381 e. The molecule has 0 bridgehead atoms. The highest BCUT2D eigenvalue weighted by molar-refractivity contribution is 7.92. The smallest absolute Gasteiger partial charge is 0.268 e. The zero-order valence-electron chi connectivity index (χ0n) is 17.5. The molecule has 0 aliphatic carbocycles. The van der Waals surface area contributed by atoms with Crippen LogP contribution in [-0.4, -0.2) is 31.4 Å². The van der Waals surface area contributed by atoms with E-state index in [-0.39, 0.29) is 23.6 Å². The molecule has 2 N–H and O–H groups in total. The predicted octanol–water partition coefficient (Wildman–Crippen LogP) is 5.14. The fourth-order valence-corrected chi connectivity index (χ4v) is 5.52. The molecule has 33 heavy (non-hydrogen) atoms. The number of nitrogens with one attached hydrogen (secondary N) is 2. The second-order valence-corrected chi connectivity index (χ2v) is 10.4. The summed E-state index contributed by atoms with van der Waals surface area (Å²) < 4.78 is 71.4. The van der Waals surface area contributed by atoms with E-state index in [0.29, 0.717) is 22.7 Å². The van der Waals surface area contributed by atoms with Crippen LogP contribution in [-0.2, 0) is 23.1 Å². The third-order valence-corrected chi connectivity index (χ3v) is 7.79. The van der Waals surface area contributed by atoms with Gasteiger partial charge >= 0.3 is 0 Å². The molecule has 4 rings (SSSR count).